The zero-order chi connectivity index (χ0) is 13.1. The summed E-state index contributed by atoms with van der Waals surface area (Å²) in [5.74, 6) is -0.317. The summed E-state index contributed by atoms with van der Waals surface area (Å²) in [7, 11) is 0. The molecule has 2 aromatic rings. The number of halogens is 1. The molecular formula is C12H8ClNO4. The standard InChI is InChI=1S/C12H8ClNO4/c13-12-9(5-6-18-12)11(15)7-8-3-1-2-4-10(8)14(16)17/h1-6H,7H2. The van der Waals surface area contributed by atoms with Crippen LogP contribution in [0.15, 0.2) is 41.0 Å². The minimum absolute atomic E-state index is 0.00131. The minimum Gasteiger partial charge on any atom is -0.452 e. The van der Waals surface area contributed by atoms with Gasteiger partial charge in [0.05, 0.1) is 16.7 Å². The van der Waals surface area contributed by atoms with Gasteiger partial charge in [0, 0.05) is 18.1 Å². The number of carbonyl (C=O) groups is 1. The van der Waals surface area contributed by atoms with Gasteiger partial charge in [0.15, 0.2) is 5.78 Å². The second kappa shape index (κ2) is 5.01. The SMILES string of the molecule is O=C(Cc1ccccc1[N+](=O)[O-])c1ccoc1Cl. The van der Waals surface area contributed by atoms with Crippen LogP contribution >= 0.6 is 11.6 Å². The van der Waals surface area contributed by atoms with Gasteiger partial charge in [-0.25, -0.2) is 0 Å². The maximum absolute atomic E-state index is 11.9. The molecular weight excluding hydrogens is 258 g/mol. The van der Waals surface area contributed by atoms with Gasteiger partial charge in [-0.05, 0) is 17.7 Å². The molecule has 0 aliphatic heterocycles. The Labute approximate surface area is 107 Å². The van der Waals surface area contributed by atoms with E-state index in [4.69, 9.17) is 16.0 Å². The molecule has 0 spiro atoms. The molecule has 1 aromatic heterocycles. The van der Waals surface area contributed by atoms with E-state index in [2.05, 4.69) is 0 Å². The third kappa shape index (κ3) is 2.41. The van der Waals surface area contributed by atoms with Crippen molar-refractivity contribution < 1.29 is 14.1 Å². The van der Waals surface area contributed by atoms with Crippen molar-refractivity contribution in [2.45, 2.75) is 6.42 Å². The van der Waals surface area contributed by atoms with Crippen molar-refractivity contribution in [3.05, 3.63) is 63.1 Å². The Balaban J connectivity index is 2.28. The second-order valence-electron chi connectivity index (χ2n) is 3.59. The molecule has 92 valence electrons. The van der Waals surface area contributed by atoms with Crippen LogP contribution in [0.1, 0.15) is 15.9 Å². The molecule has 0 saturated carbocycles. The van der Waals surface area contributed by atoms with Crippen LogP contribution in [-0.4, -0.2) is 10.7 Å². The number of hydrogen-bond acceptors (Lipinski definition) is 4. The first-order valence-electron chi connectivity index (χ1n) is 5.08. The maximum atomic E-state index is 11.9. The highest BCUT2D eigenvalue weighted by Crippen LogP contribution is 2.23. The number of nitrogens with zero attached hydrogens (tertiary/aromatic N) is 1. The highest BCUT2D eigenvalue weighted by molar-refractivity contribution is 6.32. The topological polar surface area (TPSA) is 73.3 Å². The predicted molar refractivity (Wildman–Crippen MR) is 64.8 cm³/mol. The molecule has 0 atom stereocenters. The van der Waals surface area contributed by atoms with Crippen molar-refractivity contribution in [3.63, 3.8) is 0 Å². The fourth-order valence-corrected chi connectivity index (χ4v) is 1.82. The number of benzene rings is 1. The zero-order valence-electron chi connectivity index (χ0n) is 9.13. The summed E-state index contributed by atoms with van der Waals surface area (Å²) in [4.78, 5) is 22.2. The second-order valence-corrected chi connectivity index (χ2v) is 3.94. The molecule has 1 aromatic carbocycles. The molecule has 0 saturated heterocycles. The van der Waals surface area contributed by atoms with E-state index >= 15 is 0 Å². The third-order valence-electron chi connectivity index (χ3n) is 2.46. The summed E-state index contributed by atoms with van der Waals surface area (Å²) in [6.45, 7) is 0. The first kappa shape index (κ1) is 12.3. The first-order valence-corrected chi connectivity index (χ1v) is 5.46. The Morgan fingerprint density at radius 3 is 2.67 bits per heavy atom. The average molecular weight is 266 g/mol. The number of nitro groups is 1. The van der Waals surface area contributed by atoms with Gasteiger partial charge in [-0.2, -0.15) is 0 Å². The Morgan fingerprint density at radius 1 is 1.33 bits per heavy atom. The van der Waals surface area contributed by atoms with Crippen molar-refractivity contribution in [1.29, 1.82) is 0 Å². The van der Waals surface area contributed by atoms with E-state index in [1.54, 1.807) is 18.2 Å². The predicted octanol–water partition coefficient (Wildman–Crippen LogP) is 3.27. The lowest BCUT2D eigenvalue weighted by molar-refractivity contribution is -0.385. The summed E-state index contributed by atoms with van der Waals surface area (Å²) >= 11 is 5.68. The van der Waals surface area contributed by atoms with Crippen LogP contribution in [0, 0.1) is 10.1 Å². The Kier molecular flexibility index (Phi) is 3.43. The number of nitro benzene ring substituents is 1. The number of rotatable bonds is 4. The van der Waals surface area contributed by atoms with Gasteiger partial charge in [0.2, 0.25) is 5.22 Å². The summed E-state index contributed by atoms with van der Waals surface area (Å²) in [6, 6.07) is 7.55. The zero-order valence-corrected chi connectivity index (χ0v) is 9.89. The molecule has 0 bridgehead atoms. The smallest absolute Gasteiger partial charge is 0.273 e. The summed E-state index contributed by atoms with van der Waals surface area (Å²) in [5.41, 5.74) is 0.505. The minimum atomic E-state index is -0.514. The van der Waals surface area contributed by atoms with E-state index in [9.17, 15) is 14.9 Å². The van der Waals surface area contributed by atoms with Crippen LogP contribution in [0.5, 0.6) is 0 Å². The van der Waals surface area contributed by atoms with Crippen LogP contribution in [0.4, 0.5) is 5.69 Å². The van der Waals surface area contributed by atoms with Crippen LogP contribution in [-0.2, 0) is 6.42 Å². The number of Topliss-reactive ketones (excluding diaryl/α,β-unsaturated/α-hetero) is 1. The fourth-order valence-electron chi connectivity index (χ4n) is 1.60. The number of hydrogen-bond donors (Lipinski definition) is 0. The maximum Gasteiger partial charge on any atom is 0.273 e. The molecule has 6 heteroatoms. The molecule has 1 heterocycles. The molecule has 5 nitrogen and oxygen atoms in total. The Bertz CT molecular complexity index is 606. The summed E-state index contributed by atoms with van der Waals surface area (Å²) in [5, 5.41) is 10.8. The lowest BCUT2D eigenvalue weighted by Gasteiger charge is -2.01. The Morgan fingerprint density at radius 2 is 2.06 bits per heavy atom. The van der Waals surface area contributed by atoms with Gasteiger partial charge in [-0.3, -0.25) is 14.9 Å². The first-order chi connectivity index (χ1) is 8.59. The van der Waals surface area contributed by atoms with Crippen molar-refractivity contribution in [2.24, 2.45) is 0 Å². The van der Waals surface area contributed by atoms with E-state index in [1.807, 2.05) is 0 Å². The summed E-state index contributed by atoms with van der Waals surface area (Å²) in [6.07, 6.45) is 1.21. The van der Waals surface area contributed by atoms with E-state index in [1.165, 1.54) is 18.4 Å². The van der Waals surface area contributed by atoms with Crippen molar-refractivity contribution in [2.75, 3.05) is 0 Å². The molecule has 0 aliphatic carbocycles. The van der Waals surface area contributed by atoms with Crippen LogP contribution in [0.3, 0.4) is 0 Å². The van der Waals surface area contributed by atoms with Gasteiger partial charge in [-0.15, -0.1) is 0 Å². The molecule has 18 heavy (non-hydrogen) atoms. The van der Waals surface area contributed by atoms with E-state index in [0.717, 1.165) is 0 Å². The van der Waals surface area contributed by atoms with Gasteiger partial charge < -0.3 is 4.42 Å². The van der Waals surface area contributed by atoms with Crippen LogP contribution in [0.25, 0.3) is 0 Å². The quantitative estimate of drug-likeness (QED) is 0.483. The van der Waals surface area contributed by atoms with Gasteiger partial charge in [-0.1, -0.05) is 18.2 Å². The number of furan rings is 1. The average Bonchev–Trinajstić information content (AvgIpc) is 2.76. The lowest BCUT2D eigenvalue weighted by atomic mass is 10.0. The fraction of sp³-hybridized carbons (Fsp3) is 0.0833. The van der Waals surface area contributed by atoms with E-state index < -0.39 is 4.92 Å². The molecule has 0 aliphatic rings. The van der Waals surface area contributed by atoms with Crippen molar-refractivity contribution in [3.8, 4) is 0 Å². The molecule has 0 unspecified atom stereocenters. The molecule has 0 N–H and O–H groups in total. The third-order valence-corrected chi connectivity index (χ3v) is 2.75. The number of para-hydroxylation sites is 1. The molecule has 2 rings (SSSR count). The Hall–Kier alpha value is -2.14. The number of ketones is 1. The molecule has 0 amide bonds. The monoisotopic (exact) mass is 265 g/mol. The number of carbonyl (C=O) groups excluding carboxylic acids is 1. The van der Waals surface area contributed by atoms with E-state index in [0.29, 0.717) is 5.56 Å². The van der Waals surface area contributed by atoms with Gasteiger partial charge in [0.25, 0.3) is 5.69 Å². The lowest BCUT2D eigenvalue weighted by Crippen LogP contribution is -2.05. The van der Waals surface area contributed by atoms with Crippen molar-refractivity contribution >= 4 is 23.1 Å². The highest BCUT2D eigenvalue weighted by Gasteiger charge is 2.19. The van der Waals surface area contributed by atoms with Crippen LogP contribution < -0.4 is 0 Å². The van der Waals surface area contributed by atoms with Crippen LogP contribution in [0.2, 0.25) is 5.22 Å². The van der Waals surface area contributed by atoms with E-state index in [-0.39, 0.29) is 28.7 Å². The largest absolute Gasteiger partial charge is 0.452 e. The molecule has 0 radical (unpaired) electrons. The highest BCUT2D eigenvalue weighted by atomic mass is 35.5. The van der Waals surface area contributed by atoms with Crippen molar-refractivity contribution in [1.82, 2.24) is 0 Å². The summed E-state index contributed by atoms with van der Waals surface area (Å²) < 4.78 is 4.81. The normalized spacial score (nSPS) is 10.3. The van der Waals surface area contributed by atoms with Gasteiger partial charge >= 0.3 is 0 Å². The molecule has 0 fully saturated rings. The van der Waals surface area contributed by atoms with Gasteiger partial charge in [0.1, 0.15) is 0 Å².